The predicted molar refractivity (Wildman–Crippen MR) is 83.8 cm³/mol. The highest BCUT2D eigenvalue weighted by Gasteiger charge is 2.17. The van der Waals surface area contributed by atoms with Crippen LogP contribution in [0.3, 0.4) is 0 Å². The van der Waals surface area contributed by atoms with E-state index in [0.717, 1.165) is 31.4 Å². The summed E-state index contributed by atoms with van der Waals surface area (Å²) in [6, 6.07) is 1.65. The zero-order valence-electron chi connectivity index (χ0n) is 13.3. The normalized spacial score (nSPS) is 15.1. The summed E-state index contributed by atoms with van der Waals surface area (Å²) in [5.41, 5.74) is -0.463. The van der Waals surface area contributed by atoms with Crippen LogP contribution in [-0.4, -0.2) is 18.4 Å². The minimum absolute atomic E-state index is 0.249. The van der Waals surface area contributed by atoms with Gasteiger partial charge in [-0.3, -0.25) is 9.59 Å². The summed E-state index contributed by atoms with van der Waals surface area (Å²) < 4.78 is 39.3. The Hall–Kier alpha value is -2.05. The number of hydrogen-bond acceptors (Lipinski definition) is 2. The Kier molecular flexibility index (Phi) is 6.63. The molecule has 0 saturated heterocycles. The van der Waals surface area contributed by atoms with Crippen molar-refractivity contribution in [3.05, 3.63) is 29.6 Å². The second-order valence-electron chi connectivity index (χ2n) is 6.09. The average molecular weight is 342 g/mol. The van der Waals surface area contributed by atoms with Crippen LogP contribution in [0.2, 0.25) is 0 Å². The number of rotatable bonds is 6. The van der Waals surface area contributed by atoms with E-state index in [4.69, 9.17) is 0 Å². The first-order chi connectivity index (χ1) is 11.5. The maximum absolute atomic E-state index is 13.4. The summed E-state index contributed by atoms with van der Waals surface area (Å²) >= 11 is 0. The van der Waals surface area contributed by atoms with E-state index in [1.165, 1.54) is 19.3 Å². The number of hydrogen-bond donors (Lipinski definition) is 2. The van der Waals surface area contributed by atoms with Crippen LogP contribution in [-0.2, 0) is 9.59 Å². The molecule has 132 valence electrons. The third kappa shape index (κ3) is 5.25. The third-order valence-corrected chi connectivity index (χ3v) is 4.26. The van der Waals surface area contributed by atoms with E-state index in [2.05, 4.69) is 10.6 Å². The van der Waals surface area contributed by atoms with Crippen molar-refractivity contribution >= 4 is 17.5 Å². The lowest BCUT2D eigenvalue weighted by Gasteiger charge is -2.20. The highest BCUT2D eigenvalue weighted by Crippen LogP contribution is 2.27. The number of nitrogens with one attached hydrogen (secondary N) is 2. The molecule has 0 heterocycles. The molecule has 7 heteroatoms. The second kappa shape index (κ2) is 8.70. The fraction of sp³-hybridized carbons (Fsp3) is 0.529. The van der Waals surface area contributed by atoms with Gasteiger partial charge in [0.05, 0.1) is 12.2 Å². The minimum Gasteiger partial charge on any atom is -0.347 e. The molecule has 0 radical (unpaired) electrons. The van der Waals surface area contributed by atoms with Crippen LogP contribution < -0.4 is 10.6 Å². The highest BCUT2D eigenvalue weighted by atomic mass is 19.2. The van der Waals surface area contributed by atoms with Gasteiger partial charge in [0, 0.05) is 6.42 Å². The molecule has 1 fully saturated rings. The highest BCUT2D eigenvalue weighted by molar-refractivity contribution is 5.94. The van der Waals surface area contributed by atoms with Crippen LogP contribution in [0.15, 0.2) is 12.1 Å². The van der Waals surface area contributed by atoms with Crippen LogP contribution in [0.25, 0.3) is 0 Å². The summed E-state index contributed by atoms with van der Waals surface area (Å²) in [5.74, 6) is -4.83. The van der Waals surface area contributed by atoms with Crippen molar-refractivity contribution < 1.29 is 22.8 Å². The Morgan fingerprint density at radius 2 is 1.71 bits per heavy atom. The van der Waals surface area contributed by atoms with Crippen LogP contribution in [0.4, 0.5) is 18.9 Å². The second-order valence-corrected chi connectivity index (χ2v) is 6.09. The molecule has 1 saturated carbocycles. The van der Waals surface area contributed by atoms with Gasteiger partial charge >= 0.3 is 0 Å². The summed E-state index contributed by atoms with van der Waals surface area (Å²) in [5, 5.41) is 4.55. The largest absolute Gasteiger partial charge is 0.347 e. The van der Waals surface area contributed by atoms with Crippen molar-refractivity contribution in [3.63, 3.8) is 0 Å². The van der Waals surface area contributed by atoms with E-state index in [1.54, 1.807) is 0 Å². The lowest BCUT2D eigenvalue weighted by molar-refractivity contribution is -0.124. The molecular formula is C17H21F3N2O2. The summed E-state index contributed by atoms with van der Waals surface area (Å²) in [6.45, 7) is -0.345. The number of benzene rings is 1. The van der Waals surface area contributed by atoms with Crippen LogP contribution in [0.1, 0.15) is 44.9 Å². The molecule has 1 aliphatic rings. The number of carbonyl (C=O) groups excluding carboxylic acids is 2. The Bertz CT molecular complexity index is 602. The molecule has 1 aromatic rings. The van der Waals surface area contributed by atoms with Gasteiger partial charge in [-0.05, 0) is 24.5 Å². The molecule has 24 heavy (non-hydrogen) atoms. The van der Waals surface area contributed by atoms with Crippen LogP contribution in [0.5, 0.6) is 0 Å². The van der Waals surface area contributed by atoms with E-state index in [1.807, 2.05) is 0 Å². The first-order valence-electron chi connectivity index (χ1n) is 8.17. The van der Waals surface area contributed by atoms with Gasteiger partial charge in [0.2, 0.25) is 11.8 Å². The van der Waals surface area contributed by atoms with Gasteiger partial charge in [0.25, 0.3) is 0 Å². The molecule has 0 bridgehead atoms. The topological polar surface area (TPSA) is 58.2 Å². The van der Waals surface area contributed by atoms with E-state index >= 15 is 0 Å². The van der Waals surface area contributed by atoms with E-state index in [0.29, 0.717) is 12.3 Å². The maximum Gasteiger partial charge on any atom is 0.243 e. The summed E-state index contributed by atoms with van der Waals surface area (Å²) in [7, 11) is 0. The molecule has 1 aliphatic carbocycles. The number of amides is 2. The Labute approximate surface area is 138 Å². The van der Waals surface area contributed by atoms with E-state index in [9.17, 15) is 22.8 Å². The monoisotopic (exact) mass is 342 g/mol. The van der Waals surface area contributed by atoms with E-state index < -0.39 is 29.0 Å². The molecule has 0 aliphatic heterocycles. The Morgan fingerprint density at radius 3 is 2.42 bits per heavy atom. The Morgan fingerprint density at radius 1 is 1.00 bits per heavy atom. The SMILES string of the molecule is O=C(CCC1CCCCC1)NCC(=O)Nc1ccc(F)c(F)c1F. The lowest BCUT2D eigenvalue weighted by atomic mass is 9.86. The molecule has 2 N–H and O–H groups in total. The standard InChI is InChI=1S/C17H21F3N2O2/c18-12-7-8-13(17(20)16(12)19)22-15(24)10-21-14(23)9-6-11-4-2-1-3-5-11/h7-8,11H,1-6,9-10H2,(H,21,23)(H,22,24). The molecule has 0 aromatic heterocycles. The van der Waals surface area contributed by atoms with Crippen molar-refractivity contribution in [1.82, 2.24) is 5.32 Å². The summed E-state index contributed by atoms with van der Waals surface area (Å²) in [6.07, 6.45) is 7.08. The van der Waals surface area contributed by atoms with Gasteiger partial charge in [0.1, 0.15) is 0 Å². The maximum atomic E-state index is 13.4. The molecule has 0 unspecified atom stereocenters. The first-order valence-corrected chi connectivity index (χ1v) is 8.17. The molecule has 0 spiro atoms. The molecule has 4 nitrogen and oxygen atoms in total. The van der Waals surface area contributed by atoms with Crippen molar-refractivity contribution in [3.8, 4) is 0 Å². The summed E-state index contributed by atoms with van der Waals surface area (Å²) in [4.78, 5) is 23.4. The van der Waals surface area contributed by atoms with E-state index in [-0.39, 0.29) is 12.5 Å². The Balaban J connectivity index is 1.72. The van der Waals surface area contributed by atoms with Crippen LogP contribution >= 0.6 is 0 Å². The van der Waals surface area contributed by atoms with Crippen molar-refractivity contribution in [2.45, 2.75) is 44.9 Å². The van der Waals surface area contributed by atoms with Gasteiger partial charge in [-0.1, -0.05) is 32.1 Å². The quantitative estimate of drug-likeness (QED) is 0.777. The fourth-order valence-electron chi connectivity index (χ4n) is 2.90. The van der Waals surface area contributed by atoms with Gasteiger partial charge < -0.3 is 10.6 Å². The number of halogens is 3. The molecule has 2 amide bonds. The van der Waals surface area contributed by atoms with Crippen molar-refractivity contribution in [1.29, 1.82) is 0 Å². The van der Waals surface area contributed by atoms with Crippen molar-refractivity contribution in [2.75, 3.05) is 11.9 Å². The molecular weight excluding hydrogens is 321 g/mol. The average Bonchev–Trinajstić information content (AvgIpc) is 2.59. The van der Waals surface area contributed by atoms with Crippen LogP contribution in [0, 0.1) is 23.4 Å². The first kappa shape index (κ1) is 18.3. The van der Waals surface area contributed by atoms with Crippen molar-refractivity contribution in [2.24, 2.45) is 5.92 Å². The fourth-order valence-corrected chi connectivity index (χ4v) is 2.90. The predicted octanol–water partition coefficient (Wildman–Crippen LogP) is 3.52. The third-order valence-electron chi connectivity index (χ3n) is 4.26. The number of anilines is 1. The minimum atomic E-state index is -1.65. The van der Waals surface area contributed by atoms with Gasteiger partial charge in [-0.2, -0.15) is 0 Å². The van der Waals surface area contributed by atoms with Gasteiger partial charge in [-0.25, -0.2) is 13.2 Å². The van der Waals surface area contributed by atoms with Gasteiger partial charge in [-0.15, -0.1) is 0 Å². The molecule has 1 aromatic carbocycles. The molecule has 2 rings (SSSR count). The zero-order chi connectivity index (χ0) is 17.5. The van der Waals surface area contributed by atoms with Gasteiger partial charge in [0.15, 0.2) is 17.5 Å². The zero-order valence-corrected chi connectivity index (χ0v) is 13.3. The smallest absolute Gasteiger partial charge is 0.243 e. The molecule has 0 atom stereocenters. The number of carbonyl (C=O) groups is 2. The lowest BCUT2D eigenvalue weighted by Crippen LogP contribution is -2.33.